The molecule has 0 aliphatic carbocycles. The zero-order chi connectivity index (χ0) is 12.3. The fourth-order valence-corrected chi connectivity index (χ4v) is 2.65. The van der Waals surface area contributed by atoms with Gasteiger partial charge < -0.3 is 10.6 Å². The van der Waals surface area contributed by atoms with Crippen molar-refractivity contribution in [2.24, 2.45) is 24.6 Å². The molecule has 2 N–H and O–H groups in total. The maximum absolute atomic E-state index is 5.83. The number of aromatic nitrogens is 2. The van der Waals surface area contributed by atoms with Gasteiger partial charge in [-0.05, 0) is 37.4 Å². The molecule has 4 nitrogen and oxygen atoms in total. The minimum absolute atomic E-state index is 0.676. The van der Waals surface area contributed by atoms with Gasteiger partial charge in [-0.1, -0.05) is 6.92 Å². The third-order valence-electron chi connectivity index (χ3n) is 4.11. The second-order valence-electron chi connectivity index (χ2n) is 5.26. The molecule has 96 valence electrons. The highest BCUT2D eigenvalue weighted by Gasteiger charge is 2.24. The lowest BCUT2D eigenvalue weighted by Crippen LogP contribution is -2.43. The number of hydrogen-bond acceptors (Lipinski definition) is 3. The number of nitrogens with zero attached hydrogens (tertiary/aromatic N) is 3. The Hall–Kier alpha value is -0.870. The van der Waals surface area contributed by atoms with Crippen molar-refractivity contribution < 1.29 is 0 Å². The first kappa shape index (κ1) is 12.6. The third-order valence-corrected chi connectivity index (χ3v) is 4.11. The molecule has 1 aromatic heterocycles. The van der Waals surface area contributed by atoms with Crippen LogP contribution in [0.1, 0.15) is 19.0 Å². The number of likely N-dealkylation sites (tertiary alicyclic amines) is 1. The molecule has 1 aromatic rings. The SMILES string of the molecule is CC1CCN(CCc2ccnn2C)CC1CN. The number of nitrogens with two attached hydrogens (primary N) is 1. The highest BCUT2D eigenvalue weighted by molar-refractivity contribution is 5.00. The number of aryl methyl sites for hydroxylation is 1. The van der Waals surface area contributed by atoms with E-state index in [0.29, 0.717) is 5.92 Å². The summed E-state index contributed by atoms with van der Waals surface area (Å²) in [5, 5.41) is 4.20. The predicted molar refractivity (Wildman–Crippen MR) is 69.7 cm³/mol. The van der Waals surface area contributed by atoms with E-state index in [1.807, 2.05) is 17.9 Å². The summed E-state index contributed by atoms with van der Waals surface area (Å²) in [6.45, 7) is 6.66. The first-order valence-corrected chi connectivity index (χ1v) is 6.60. The number of hydrogen-bond donors (Lipinski definition) is 1. The van der Waals surface area contributed by atoms with Gasteiger partial charge in [0.15, 0.2) is 0 Å². The maximum atomic E-state index is 5.83. The zero-order valence-electron chi connectivity index (χ0n) is 11.0. The Balaban J connectivity index is 1.82. The van der Waals surface area contributed by atoms with Crippen LogP contribution in [0.15, 0.2) is 12.3 Å². The van der Waals surface area contributed by atoms with Crippen LogP contribution in [0.5, 0.6) is 0 Å². The molecule has 0 aromatic carbocycles. The van der Waals surface area contributed by atoms with Gasteiger partial charge in [-0.25, -0.2) is 0 Å². The Labute approximate surface area is 104 Å². The Morgan fingerprint density at radius 1 is 1.53 bits per heavy atom. The van der Waals surface area contributed by atoms with E-state index in [-0.39, 0.29) is 0 Å². The topological polar surface area (TPSA) is 47.1 Å². The van der Waals surface area contributed by atoms with Crippen LogP contribution in [0, 0.1) is 11.8 Å². The summed E-state index contributed by atoms with van der Waals surface area (Å²) in [5.41, 5.74) is 7.14. The average molecular weight is 236 g/mol. The smallest absolute Gasteiger partial charge is 0.0492 e. The monoisotopic (exact) mass is 236 g/mol. The van der Waals surface area contributed by atoms with E-state index in [2.05, 4.69) is 23.0 Å². The molecule has 2 atom stereocenters. The molecule has 0 radical (unpaired) electrons. The summed E-state index contributed by atoms with van der Waals surface area (Å²) < 4.78 is 1.97. The fourth-order valence-electron chi connectivity index (χ4n) is 2.65. The van der Waals surface area contributed by atoms with Crippen molar-refractivity contribution >= 4 is 0 Å². The van der Waals surface area contributed by atoms with E-state index in [1.54, 1.807) is 0 Å². The number of piperidine rings is 1. The van der Waals surface area contributed by atoms with Crippen molar-refractivity contribution in [1.29, 1.82) is 0 Å². The summed E-state index contributed by atoms with van der Waals surface area (Å²) in [6, 6.07) is 2.10. The van der Waals surface area contributed by atoms with E-state index in [4.69, 9.17) is 5.73 Å². The van der Waals surface area contributed by atoms with Crippen molar-refractivity contribution in [3.63, 3.8) is 0 Å². The van der Waals surface area contributed by atoms with Crippen molar-refractivity contribution in [2.75, 3.05) is 26.2 Å². The molecule has 0 saturated carbocycles. The van der Waals surface area contributed by atoms with E-state index >= 15 is 0 Å². The molecule has 0 bridgehead atoms. The van der Waals surface area contributed by atoms with Gasteiger partial charge in [0.05, 0.1) is 0 Å². The molecule has 1 saturated heterocycles. The zero-order valence-corrected chi connectivity index (χ0v) is 11.0. The molecule has 4 heteroatoms. The highest BCUT2D eigenvalue weighted by atomic mass is 15.3. The minimum atomic E-state index is 0.676. The minimum Gasteiger partial charge on any atom is -0.330 e. The molecule has 0 amide bonds. The van der Waals surface area contributed by atoms with Gasteiger partial charge >= 0.3 is 0 Å². The van der Waals surface area contributed by atoms with Gasteiger partial charge in [-0.2, -0.15) is 5.10 Å². The lowest BCUT2D eigenvalue weighted by atomic mass is 9.87. The van der Waals surface area contributed by atoms with Gasteiger partial charge in [0.25, 0.3) is 0 Å². The number of rotatable bonds is 4. The molecule has 1 aliphatic rings. The van der Waals surface area contributed by atoms with Crippen molar-refractivity contribution in [2.45, 2.75) is 19.8 Å². The van der Waals surface area contributed by atoms with Crippen molar-refractivity contribution in [3.8, 4) is 0 Å². The summed E-state index contributed by atoms with van der Waals surface area (Å²) in [6.07, 6.45) is 4.24. The summed E-state index contributed by atoms with van der Waals surface area (Å²) in [7, 11) is 2.01. The molecule has 2 unspecified atom stereocenters. The van der Waals surface area contributed by atoms with E-state index in [0.717, 1.165) is 32.0 Å². The van der Waals surface area contributed by atoms with Crippen LogP contribution in [0.4, 0.5) is 0 Å². The second kappa shape index (κ2) is 5.65. The first-order valence-electron chi connectivity index (χ1n) is 6.60. The molecule has 17 heavy (non-hydrogen) atoms. The summed E-state index contributed by atoms with van der Waals surface area (Å²) in [5.74, 6) is 1.46. The lowest BCUT2D eigenvalue weighted by Gasteiger charge is -2.36. The van der Waals surface area contributed by atoms with Crippen molar-refractivity contribution in [3.05, 3.63) is 18.0 Å². The van der Waals surface area contributed by atoms with E-state index in [9.17, 15) is 0 Å². The standard InChI is InChI=1S/C13H24N4/c1-11-4-7-17(10-12(11)9-14)8-5-13-3-6-15-16(13)2/h3,6,11-12H,4-5,7-10,14H2,1-2H3. The first-order chi connectivity index (χ1) is 8.20. The van der Waals surface area contributed by atoms with Crippen molar-refractivity contribution in [1.82, 2.24) is 14.7 Å². The third kappa shape index (κ3) is 3.07. The van der Waals surface area contributed by atoms with Crippen LogP contribution >= 0.6 is 0 Å². The van der Waals surface area contributed by atoms with Gasteiger partial charge in [0, 0.05) is 38.4 Å². The average Bonchev–Trinajstić information content (AvgIpc) is 2.74. The van der Waals surface area contributed by atoms with Gasteiger partial charge in [0.2, 0.25) is 0 Å². The molecule has 2 heterocycles. The molecular formula is C13H24N4. The Morgan fingerprint density at radius 2 is 2.35 bits per heavy atom. The quantitative estimate of drug-likeness (QED) is 0.844. The molecule has 1 fully saturated rings. The van der Waals surface area contributed by atoms with E-state index < -0.39 is 0 Å². The van der Waals surface area contributed by atoms with Crippen LogP contribution in [0.25, 0.3) is 0 Å². The fraction of sp³-hybridized carbons (Fsp3) is 0.769. The lowest BCUT2D eigenvalue weighted by molar-refractivity contribution is 0.133. The summed E-state index contributed by atoms with van der Waals surface area (Å²) >= 11 is 0. The highest BCUT2D eigenvalue weighted by Crippen LogP contribution is 2.22. The predicted octanol–water partition coefficient (Wildman–Crippen LogP) is 0.879. The maximum Gasteiger partial charge on any atom is 0.0492 e. The Morgan fingerprint density at radius 3 is 3.00 bits per heavy atom. The van der Waals surface area contributed by atoms with Crippen LogP contribution in [-0.2, 0) is 13.5 Å². The van der Waals surface area contributed by atoms with Gasteiger partial charge in [0.1, 0.15) is 0 Å². The Kier molecular flexibility index (Phi) is 4.18. The Bertz CT molecular complexity index is 347. The van der Waals surface area contributed by atoms with Gasteiger partial charge in [-0.3, -0.25) is 4.68 Å². The van der Waals surface area contributed by atoms with Crippen LogP contribution in [-0.4, -0.2) is 40.9 Å². The molecule has 1 aliphatic heterocycles. The molecule has 2 rings (SSSR count). The van der Waals surface area contributed by atoms with Crippen LogP contribution in [0.2, 0.25) is 0 Å². The molecule has 0 spiro atoms. The molecular weight excluding hydrogens is 212 g/mol. The van der Waals surface area contributed by atoms with E-state index in [1.165, 1.54) is 18.7 Å². The van der Waals surface area contributed by atoms with Crippen LogP contribution in [0.3, 0.4) is 0 Å². The van der Waals surface area contributed by atoms with Gasteiger partial charge in [-0.15, -0.1) is 0 Å². The largest absolute Gasteiger partial charge is 0.330 e. The normalized spacial score (nSPS) is 26.3. The summed E-state index contributed by atoms with van der Waals surface area (Å²) in [4.78, 5) is 2.55. The van der Waals surface area contributed by atoms with Crippen LogP contribution < -0.4 is 5.73 Å². The second-order valence-corrected chi connectivity index (χ2v) is 5.26.